The van der Waals surface area contributed by atoms with E-state index in [1.54, 1.807) is 0 Å². The summed E-state index contributed by atoms with van der Waals surface area (Å²) in [5.74, 6) is 0. The van der Waals surface area contributed by atoms with Gasteiger partial charge < -0.3 is 5.11 Å². The Morgan fingerprint density at radius 3 is 2.00 bits per heavy atom. The molecule has 0 aromatic rings. The third-order valence-corrected chi connectivity index (χ3v) is 1.70. The molecule has 0 aliphatic heterocycles. The van der Waals surface area contributed by atoms with Crippen LogP contribution in [0.25, 0.3) is 0 Å². The molecule has 0 atom stereocenters. The standard InChI is InChI=1S/C2H5NO3P2/c4-2-1-3(7-5)8-6/h4H,1-2H2. The van der Waals surface area contributed by atoms with Crippen LogP contribution in [0.2, 0.25) is 0 Å². The first-order valence-electron chi connectivity index (χ1n) is 1.90. The Balaban J connectivity index is 3.35. The lowest BCUT2D eigenvalue weighted by Gasteiger charge is -1.96. The SMILES string of the molecule is O=PN(CCO)P=O. The van der Waals surface area contributed by atoms with E-state index >= 15 is 0 Å². The fraction of sp³-hybridized carbons (Fsp3) is 1.00. The molecule has 8 heavy (non-hydrogen) atoms. The summed E-state index contributed by atoms with van der Waals surface area (Å²) in [6, 6.07) is 0. The molecule has 0 rings (SSSR count). The number of hydrogen-bond acceptors (Lipinski definition) is 3. The van der Waals surface area contributed by atoms with Gasteiger partial charge in [0.1, 0.15) is 0 Å². The Morgan fingerprint density at radius 1 is 1.38 bits per heavy atom. The summed E-state index contributed by atoms with van der Waals surface area (Å²) < 4.78 is 20.7. The van der Waals surface area contributed by atoms with Crippen LogP contribution >= 0.6 is 17.2 Å². The van der Waals surface area contributed by atoms with Crippen LogP contribution in [0.1, 0.15) is 0 Å². The average Bonchev–Trinajstić information content (AvgIpc) is 1.83. The largest absolute Gasteiger partial charge is 0.395 e. The van der Waals surface area contributed by atoms with E-state index in [4.69, 9.17) is 5.11 Å². The Labute approximate surface area is 50.0 Å². The first-order chi connectivity index (χ1) is 3.85. The third-order valence-electron chi connectivity index (χ3n) is 0.488. The smallest absolute Gasteiger partial charge is 0.260 e. The monoisotopic (exact) mass is 153 g/mol. The van der Waals surface area contributed by atoms with Crippen LogP contribution in [0, 0.1) is 0 Å². The van der Waals surface area contributed by atoms with Gasteiger partial charge in [-0.3, -0.25) is 9.13 Å². The molecule has 0 aromatic carbocycles. The van der Waals surface area contributed by atoms with Gasteiger partial charge in [-0.1, -0.05) is 0 Å². The molecule has 0 bridgehead atoms. The zero-order valence-electron chi connectivity index (χ0n) is 4.02. The molecule has 0 unspecified atom stereocenters. The molecule has 0 radical (unpaired) electrons. The van der Waals surface area contributed by atoms with Crippen molar-refractivity contribution in [3.05, 3.63) is 0 Å². The van der Waals surface area contributed by atoms with Gasteiger partial charge in [0.05, 0.1) is 6.61 Å². The molecule has 0 amide bonds. The minimum Gasteiger partial charge on any atom is -0.395 e. The second-order valence-corrected chi connectivity index (χ2v) is 2.59. The number of hydrogen-bond donors (Lipinski definition) is 1. The normalized spacial score (nSPS) is 11.2. The van der Waals surface area contributed by atoms with Crippen LogP contribution in [-0.2, 0) is 9.13 Å². The van der Waals surface area contributed by atoms with Gasteiger partial charge >= 0.3 is 0 Å². The van der Waals surface area contributed by atoms with Gasteiger partial charge in [-0.25, -0.2) is 0 Å². The highest BCUT2D eigenvalue weighted by Gasteiger charge is 1.99. The van der Waals surface area contributed by atoms with Gasteiger partial charge in [0.15, 0.2) is 0 Å². The van der Waals surface area contributed by atoms with Crippen LogP contribution in [0.15, 0.2) is 0 Å². The van der Waals surface area contributed by atoms with Gasteiger partial charge in [0, 0.05) is 6.54 Å². The van der Waals surface area contributed by atoms with Crippen molar-refractivity contribution in [3.63, 3.8) is 0 Å². The number of rotatable bonds is 4. The van der Waals surface area contributed by atoms with Crippen molar-refractivity contribution in [3.8, 4) is 0 Å². The number of aliphatic hydroxyl groups is 1. The molecule has 0 aliphatic rings. The maximum absolute atomic E-state index is 9.83. The summed E-state index contributed by atoms with van der Waals surface area (Å²) in [6.45, 7) is 0.0284. The molecule has 4 nitrogen and oxygen atoms in total. The molecule has 0 saturated heterocycles. The van der Waals surface area contributed by atoms with Crippen molar-refractivity contribution >= 4 is 17.2 Å². The quantitative estimate of drug-likeness (QED) is 0.603. The third kappa shape index (κ3) is 3.16. The number of aliphatic hydroxyl groups excluding tert-OH is 1. The second-order valence-electron chi connectivity index (χ2n) is 0.983. The molecule has 0 heterocycles. The van der Waals surface area contributed by atoms with E-state index in [2.05, 4.69) is 0 Å². The topological polar surface area (TPSA) is 57.6 Å². The summed E-state index contributed by atoms with van der Waals surface area (Å²) in [4.78, 5) is 0. The average molecular weight is 153 g/mol. The highest BCUT2D eigenvalue weighted by atomic mass is 31.1. The van der Waals surface area contributed by atoms with Crippen LogP contribution in [0.3, 0.4) is 0 Å². The zero-order chi connectivity index (χ0) is 6.41. The molecule has 0 spiro atoms. The van der Waals surface area contributed by atoms with Crippen molar-refractivity contribution in [1.29, 1.82) is 0 Å². The molecule has 0 aliphatic carbocycles. The minimum absolute atomic E-state index is 0.134. The lowest BCUT2D eigenvalue weighted by atomic mass is 10.8. The summed E-state index contributed by atoms with van der Waals surface area (Å²) in [5, 5.41) is 8.17. The summed E-state index contributed by atoms with van der Waals surface area (Å²) >= 11 is 0. The number of nitrogens with zero attached hydrogens (tertiary/aromatic N) is 1. The summed E-state index contributed by atoms with van der Waals surface area (Å²) in [6.07, 6.45) is 0. The van der Waals surface area contributed by atoms with E-state index in [1.165, 1.54) is 0 Å². The second kappa shape index (κ2) is 5.26. The van der Waals surface area contributed by atoms with Gasteiger partial charge in [-0.15, -0.1) is 4.44 Å². The van der Waals surface area contributed by atoms with E-state index in [-0.39, 0.29) is 30.4 Å². The van der Waals surface area contributed by atoms with Crippen molar-refractivity contribution in [2.45, 2.75) is 0 Å². The summed E-state index contributed by atoms with van der Waals surface area (Å²) in [7, 11) is -0.653. The van der Waals surface area contributed by atoms with E-state index in [0.717, 1.165) is 4.44 Å². The molecule has 46 valence electrons. The molecule has 0 saturated carbocycles. The predicted molar refractivity (Wildman–Crippen MR) is 29.0 cm³/mol. The highest BCUT2D eigenvalue weighted by Crippen LogP contribution is 2.14. The maximum Gasteiger partial charge on any atom is 0.260 e. The molecule has 0 aromatic heterocycles. The molecular formula is C2H5NO3P2. The Kier molecular flexibility index (Phi) is 5.34. The fourth-order valence-electron chi connectivity index (χ4n) is 0.186. The van der Waals surface area contributed by atoms with Crippen LogP contribution < -0.4 is 0 Å². The van der Waals surface area contributed by atoms with Crippen LogP contribution in [-0.4, -0.2) is 22.7 Å². The fourth-order valence-corrected chi connectivity index (χ4v) is 0.647. The minimum atomic E-state index is -0.326. The molecule has 1 N–H and O–H groups in total. The first kappa shape index (κ1) is 8.12. The van der Waals surface area contributed by atoms with E-state index < -0.39 is 0 Å². The summed E-state index contributed by atoms with van der Waals surface area (Å²) in [5.41, 5.74) is 0. The van der Waals surface area contributed by atoms with Crippen LogP contribution in [0.5, 0.6) is 0 Å². The molecule has 6 heteroatoms. The van der Waals surface area contributed by atoms with Crippen molar-refractivity contribution in [1.82, 2.24) is 4.44 Å². The van der Waals surface area contributed by atoms with Crippen molar-refractivity contribution in [2.75, 3.05) is 13.2 Å². The van der Waals surface area contributed by atoms with Crippen LogP contribution in [0.4, 0.5) is 0 Å². The lowest BCUT2D eigenvalue weighted by molar-refractivity contribution is 0.284. The molecular weight excluding hydrogens is 148 g/mol. The van der Waals surface area contributed by atoms with Crippen molar-refractivity contribution < 1.29 is 14.2 Å². The van der Waals surface area contributed by atoms with E-state index in [1.807, 2.05) is 0 Å². The lowest BCUT2D eigenvalue weighted by Crippen LogP contribution is -2.04. The highest BCUT2D eigenvalue weighted by molar-refractivity contribution is 7.37. The van der Waals surface area contributed by atoms with Crippen molar-refractivity contribution in [2.24, 2.45) is 0 Å². The van der Waals surface area contributed by atoms with E-state index in [0.29, 0.717) is 0 Å². The molecule has 0 fully saturated rings. The Morgan fingerprint density at radius 2 is 1.88 bits per heavy atom. The van der Waals surface area contributed by atoms with Gasteiger partial charge in [0.25, 0.3) is 17.2 Å². The maximum atomic E-state index is 9.83. The Bertz CT molecular complexity index is 79.4. The van der Waals surface area contributed by atoms with Gasteiger partial charge in [0.2, 0.25) is 0 Å². The Hall–Kier alpha value is 0.120. The van der Waals surface area contributed by atoms with Gasteiger partial charge in [-0.05, 0) is 0 Å². The zero-order valence-corrected chi connectivity index (χ0v) is 5.81. The first-order valence-corrected chi connectivity index (χ1v) is 3.43. The predicted octanol–water partition coefficient (Wildman–Crippen LogP) is 0.694. The van der Waals surface area contributed by atoms with E-state index in [9.17, 15) is 9.13 Å². The van der Waals surface area contributed by atoms with Gasteiger partial charge in [-0.2, -0.15) is 0 Å².